The van der Waals surface area contributed by atoms with Gasteiger partial charge in [0.2, 0.25) is 0 Å². The fourth-order valence-corrected chi connectivity index (χ4v) is 2.87. The quantitative estimate of drug-likeness (QED) is 0.768. The first-order valence-corrected chi connectivity index (χ1v) is 7.66. The smallest absolute Gasteiger partial charge is 0.167 e. The zero-order valence-corrected chi connectivity index (χ0v) is 12.3. The molecule has 1 aliphatic carbocycles. The molecule has 4 heteroatoms. The van der Waals surface area contributed by atoms with Gasteiger partial charge in [-0.1, -0.05) is 32.1 Å². The van der Waals surface area contributed by atoms with Crippen molar-refractivity contribution < 1.29 is 9.13 Å². The van der Waals surface area contributed by atoms with Crippen molar-refractivity contribution in [1.29, 1.82) is 0 Å². The van der Waals surface area contributed by atoms with Crippen molar-refractivity contribution in [2.24, 2.45) is 5.92 Å². The molecule has 20 heavy (non-hydrogen) atoms. The summed E-state index contributed by atoms with van der Waals surface area (Å²) in [6, 6.07) is 2.99. The van der Waals surface area contributed by atoms with E-state index in [9.17, 15) is 4.39 Å². The summed E-state index contributed by atoms with van der Waals surface area (Å²) < 4.78 is 18.9. The minimum atomic E-state index is -0.401. The van der Waals surface area contributed by atoms with E-state index in [4.69, 9.17) is 10.5 Å². The van der Waals surface area contributed by atoms with Crippen molar-refractivity contribution in [3.05, 3.63) is 17.9 Å². The van der Waals surface area contributed by atoms with Gasteiger partial charge < -0.3 is 15.8 Å². The van der Waals surface area contributed by atoms with Crippen molar-refractivity contribution in [3.63, 3.8) is 0 Å². The minimum absolute atomic E-state index is 0.266. The molecule has 3 nitrogen and oxygen atoms in total. The molecule has 1 saturated carbocycles. The van der Waals surface area contributed by atoms with Crippen molar-refractivity contribution in [3.8, 4) is 5.75 Å². The molecule has 0 aromatic heterocycles. The van der Waals surface area contributed by atoms with Gasteiger partial charge >= 0.3 is 0 Å². The van der Waals surface area contributed by atoms with Crippen LogP contribution in [-0.4, -0.2) is 13.2 Å². The number of hydrogen-bond acceptors (Lipinski definition) is 3. The Hall–Kier alpha value is -1.45. The summed E-state index contributed by atoms with van der Waals surface area (Å²) in [5.41, 5.74) is 7.06. The molecular formula is C16H25FN2O. The average Bonchev–Trinajstić information content (AvgIpc) is 2.45. The molecule has 0 radical (unpaired) electrons. The Bertz CT molecular complexity index is 431. The molecule has 0 heterocycles. The maximum Gasteiger partial charge on any atom is 0.167 e. The summed E-state index contributed by atoms with van der Waals surface area (Å²) >= 11 is 0. The number of halogens is 1. The molecular weight excluding hydrogens is 255 g/mol. The summed E-state index contributed by atoms with van der Waals surface area (Å²) in [6.45, 7) is 3.17. The van der Waals surface area contributed by atoms with Gasteiger partial charge in [-0.2, -0.15) is 0 Å². The first-order valence-electron chi connectivity index (χ1n) is 7.66. The highest BCUT2D eigenvalue weighted by molar-refractivity contribution is 5.68. The Morgan fingerprint density at radius 1 is 1.30 bits per heavy atom. The van der Waals surface area contributed by atoms with Crippen molar-refractivity contribution in [2.45, 2.75) is 45.4 Å². The number of benzene rings is 1. The minimum Gasteiger partial charge on any atom is -0.491 e. The Kier molecular flexibility index (Phi) is 5.50. The molecule has 0 unspecified atom stereocenters. The summed E-state index contributed by atoms with van der Waals surface area (Å²) in [5, 5.41) is 3.31. The van der Waals surface area contributed by atoms with Crippen LogP contribution >= 0.6 is 0 Å². The molecule has 0 aliphatic heterocycles. The lowest BCUT2D eigenvalue weighted by Gasteiger charge is -2.22. The largest absolute Gasteiger partial charge is 0.491 e. The van der Waals surface area contributed by atoms with Gasteiger partial charge in [0.1, 0.15) is 0 Å². The van der Waals surface area contributed by atoms with Crippen LogP contribution in [0.2, 0.25) is 0 Å². The van der Waals surface area contributed by atoms with E-state index in [0.717, 1.165) is 24.6 Å². The average molecular weight is 280 g/mol. The second-order valence-electron chi connectivity index (χ2n) is 5.52. The van der Waals surface area contributed by atoms with Crippen LogP contribution in [0, 0.1) is 11.7 Å². The van der Waals surface area contributed by atoms with Crippen LogP contribution < -0.4 is 15.8 Å². The van der Waals surface area contributed by atoms with Gasteiger partial charge in [0.25, 0.3) is 0 Å². The highest BCUT2D eigenvalue weighted by atomic mass is 19.1. The number of hydrogen-bond donors (Lipinski definition) is 2. The molecule has 2 rings (SSSR count). The predicted molar refractivity (Wildman–Crippen MR) is 81.7 cm³/mol. The zero-order valence-electron chi connectivity index (χ0n) is 12.3. The SMILES string of the molecule is CCOc1cc(NCCC2CCCCC2)c(N)cc1F. The standard InChI is InChI=1S/C16H25FN2O/c1-2-20-16-11-15(14(18)10-13(16)17)19-9-8-12-6-4-3-5-7-12/h10-12,19H,2-9,18H2,1H3. The molecule has 0 bridgehead atoms. The summed E-state index contributed by atoms with van der Waals surface area (Å²) in [7, 11) is 0. The first kappa shape index (κ1) is 14.9. The molecule has 1 aliphatic rings. The molecule has 0 spiro atoms. The maximum atomic E-state index is 13.6. The monoisotopic (exact) mass is 280 g/mol. The Morgan fingerprint density at radius 3 is 2.75 bits per heavy atom. The molecule has 1 fully saturated rings. The van der Waals surface area contributed by atoms with Crippen LogP contribution in [0.4, 0.5) is 15.8 Å². The highest BCUT2D eigenvalue weighted by Gasteiger charge is 2.13. The fourth-order valence-electron chi connectivity index (χ4n) is 2.87. The third kappa shape index (κ3) is 4.02. The van der Waals surface area contributed by atoms with Gasteiger partial charge in [-0.3, -0.25) is 0 Å². The summed E-state index contributed by atoms with van der Waals surface area (Å²) in [4.78, 5) is 0. The maximum absolute atomic E-state index is 13.6. The predicted octanol–water partition coefficient (Wildman–Crippen LogP) is 4.19. The lowest BCUT2D eigenvalue weighted by Crippen LogP contribution is -2.13. The van der Waals surface area contributed by atoms with Crippen LogP contribution in [-0.2, 0) is 0 Å². The van der Waals surface area contributed by atoms with Crippen LogP contribution in [0.5, 0.6) is 5.75 Å². The van der Waals surface area contributed by atoms with Crippen LogP contribution in [0.1, 0.15) is 45.4 Å². The third-order valence-electron chi connectivity index (χ3n) is 4.00. The third-order valence-corrected chi connectivity index (χ3v) is 4.00. The number of nitrogen functional groups attached to an aromatic ring is 1. The lowest BCUT2D eigenvalue weighted by atomic mass is 9.87. The van der Waals surface area contributed by atoms with E-state index in [1.807, 2.05) is 6.92 Å². The number of ether oxygens (including phenoxy) is 1. The van der Waals surface area contributed by atoms with E-state index in [2.05, 4.69) is 5.32 Å². The van der Waals surface area contributed by atoms with Gasteiger partial charge in [0, 0.05) is 18.7 Å². The second-order valence-corrected chi connectivity index (χ2v) is 5.52. The van der Waals surface area contributed by atoms with Gasteiger partial charge in [0.05, 0.1) is 18.0 Å². The van der Waals surface area contributed by atoms with E-state index < -0.39 is 5.82 Å². The summed E-state index contributed by atoms with van der Waals surface area (Å²) in [6.07, 6.45) is 7.93. The lowest BCUT2D eigenvalue weighted by molar-refractivity contribution is 0.322. The highest BCUT2D eigenvalue weighted by Crippen LogP contribution is 2.29. The first-order chi connectivity index (χ1) is 9.70. The number of rotatable bonds is 6. The molecule has 1 aromatic rings. The van der Waals surface area contributed by atoms with E-state index in [0.29, 0.717) is 12.3 Å². The Labute approximate surface area is 120 Å². The van der Waals surface area contributed by atoms with Crippen molar-refractivity contribution in [2.75, 3.05) is 24.2 Å². The van der Waals surface area contributed by atoms with Crippen LogP contribution in [0.15, 0.2) is 12.1 Å². The number of nitrogens with two attached hydrogens (primary N) is 1. The zero-order chi connectivity index (χ0) is 14.4. The van der Waals surface area contributed by atoms with E-state index in [1.54, 1.807) is 6.07 Å². The molecule has 0 atom stereocenters. The van der Waals surface area contributed by atoms with Crippen LogP contribution in [0.25, 0.3) is 0 Å². The van der Waals surface area contributed by atoms with Crippen LogP contribution in [0.3, 0.4) is 0 Å². The molecule has 0 saturated heterocycles. The Balaban J connectivity index is 1.89. The fraction of sp³-hybridized carbons (Fsp3) is 0.625. The van der Waals surface area contributed by atoms with E-state index in [-0.39, 0.29) is 5.75 Å². The molecule has 1 aromatic carbocycles. The second kappa shape index (κ2) is 7.36. The molecule has 112 valence electrons. The van der Waals surface area contributed by atoms with Gasteiger partial charge in [0.15, 0.2) is 11.6 Å². The van der Waals surface area contributed by atoms with Crippen molar-refractivity contribution in [1.82, 2.24) is 0 Å². The topological polar surface area (TPSA) is 47.3 Å². The molecule has 3 N–H and O–H groups in total. The van der Waals surface area contributed by atoms with Crippen molar-refractivity contribution >= 4 is 11.4 Å². The van der Waals surface area contributed by atoms with E-state index >= 15 is 0 Å². The van der Waals surface area contributed by atoms with Gasteiger partial charge in [-0.15, -0.1) is 0 Å². The van der Waals surface area contributed by atoms with E-state index in [1.165, 1.54) is 38.2 Å². The Morgan fingerprint density at radius 2 is 2.05 bits per heavy atom. The number of anilines is 2. The van der Waals surface area contributed by atoms with Gasteiger partial charge in [-0.25, -0.2) is 4.39 Å². The molecule has 0 amide bonds. The normalized spacial score (nSPS) is 16.1. The summed E-state index contributed by atoms with van der Waals surface area (Å²) in [5.74, 6) is 0.688. The van der Waals surface area contributed by atoms with Gasteiger partial charge in [-0.05, 0) is 19.3 Å². The number of nitrogens with one attached hydrogen (secondary N) is 1.